The van der Waals surface area contributed by atoms with Crippen molar-refractivity contribution in [2.75, 3.05) is 0 Å². The highest BCUT2D eigenvalue weighted by Crippen LogP contribution is 2.15. The summed E-state index contributed by atoms with van der Waals surface area (Å²) in [6.45, 7) is 5.91. The minimum atomic E-state index is -0.0671. The van der Waals surface area contributed by atoms with E-state index in [4.69, 9.17) is 0 Å². The predicted octanol–water partition coefficient (Wildman–Crippen LogP) is 4.00. The van der Waals surface area contributed by atoms with Crippen LogP contribution in [0.5, 0.6) is 0 Å². The van der Waals surface area contributed by atoms with Crippen LogP contribution in [0.25, 0.3) is 11.0 Å². The van der Waals surface area contributed by atoms with E-state index < -0.39 is 0 Å². The van der Waals surface area contributed by atoms with Crippen molar-refractivity contribution in [2.24, 2.45) is 0 Å². The molecule has 0 radical (unpaired) electrons. The Morgan fingerprint density at radius 2 is 1.68 bits per heavy atom. The van der Waals surface area contributed by atoms with Gasteiger partial charge in [-0.3, -0.25) is 4.79 Å². The zero-order chi connectivity index (χ0) is 17.8. The number of carbonyl (C=O) groups is 1. The highest BCUT2D eigenvalue weighted by molar-refractivity contribution is 5.97. The van der Waals surface area contributed by atoms with Crippen LogP contribution in [0.1, 0.15) is 40.7 Å². The summed E-state index contributed by atoms with van der Waals surface area (Å²) in [5, 5.41) is 3.07. The van der Waals surface area contributed by atoms with Crippen LogP contribution >= 0.6 is 0 Å². The predicted molar refractivity (Wildman–Crippen MR) is 101 cm³/mol. The number of nitrogens with zero attached hydrogens (tertiary/aromatic N) is 2. The van der Waals surface area contributed by atoms with Crippen LogP contribution < -0.4 is 5.32 Å². The first kappa shape index (κ1) is 17.1. The van der Waals surface area contributed by atoms with Crippen molar-refractivity contribution in [1.29, 1.82) is 0 Å². The summed E-state index contributed by atoms with van der Waals surface area (Å²) in [5.41, 5.74) is 5.29. The summed E-state index contributed by atoms with van der Waals surface area (Å²) in [4.78, 5) is 21.5. The van der Waals surface area contributed by atoms with Gasteiger partial charge < -0.3 is 5.32 Å². The van der Waals surface area contributed by atoms with Gasteiger partial charge in [-0.1, -0.05) is 30.3 Å². The van der Waals surface area contributed by atoms with Gasteiger partial charge in [-0.2, -0.15) is 0 Å². The van der Waals surface area contributed by atoms with Crippen molar-refractivity contribution >= 4 is 16.9 Å². The number of amides is 1. The third-order valence-electron chi connectivity index (χ3n) is 4.42. The van der Waals surface area contributed by atoms with E-state index in [1.165, 1.54) is 5.56 Å². The number of carbonyl (C=O) groups excluding carboxylic acids is 1. The molecule has 128 valence electrons. The van der Waals surface area contributed by atoms with Gasteiger partial charge >= 0.3 is 0 Å². The average molecular weight is 333 g/mol. The van der Waals surface area contributed by atoms with Crippen LogP contribution in [0.3, 0.4) is 0 Å². The van der Waals surface area contributed by atoms with Crippen LogP contribution in [0.15, 0.2) is 48.5 Å². The smallest absolute Gasteiger partial charge is 0.251 e. The van der Waals surface area contributed by atoms with E-state index in [-0.39, 0.29) is 11.9 Å². The first-order valence-corrected chi connectivity index (χ1v) is 8.63. The summed E-state index contributed by atoms with van der Waals surface area (Å²) >= 11 is 0. The fourth-order valence-corrected chi connectivity index (χ4v) is 2.78. The summed E-state index contributed by atoms with van der Waals surface area (Å²) in [7, 11) is 0. The Bertz CT molecular complexity index is 890. The standard InChI is InChI=1S/C21H23N3O/c1-14(9-10-17-7-5-4-6-8-17)22-21(25)18-11-12-19-20(13-18)24-16(3)15(2)23-19/h4-8,11-14H,9-10H2,1-3H3,(H,22,25)/t14-/m1/s1. The molecular formula is C21H23N3O. The molecule has 4 nitrogen and oxygen atoms in total. The molecule has 1 aromatic heterocycles. The van der Waals surface area contributed by atoms with Crippen LogP contribution in [0, 0.1) is 13.8 Å². The summed E-state index contributed by atoms with van der Waals surface area (Å²) in [6, 6.07) is 15.9. The quantitative estimate of drug-likeness (QED) is 0.768. The number of nitrogens with one attached hydrogen (secondary N) is 1. The lowest BCUT2D eigenvalue weighted by Gasteiger charge is -2.14. The topological polar surface area (TPSA) is 54.9 Å². The van der Waals surface area contributed by atoms with Crippen LogP contribution in [-0.4, -0.2) is 21.9 Å². The molecule has 25 heavy (non-hydrogen) atoms. The first-order valence-electron chi connectivity index (χ1n) is 8.63. The van der Waals surface area contributed by atoms with Gasteiger partial charge in [0.05, 0.1) is 22.4 Å². The maximum Gasteiger partial charge on any atom is 0.251 e. The summed E-state index contributed by atoms with van der Waals surface area (Å²) < 4.78 is 0. The van der Waals surface area contributed by atoms with Gasteiger partial charge in [0.15, 0.2) is 0 Å². The number of rotatable bonds is 5. The molecule has 0 spiro atoms. The van der Waals surface area contributed by atoms with Gasteiger partial charge in [0.2, 0.25) is 0 Å². The number of aromatic nitrogens is 2. The highest BCUT2D eigenvalue weighted by Gasteiger charge is 2.12. The second-order valence-corrected chi connectivity index (χ2v) is 6.50. The molecule has 0 aliphatic carbocycles. The van der Waals surface area contributed by atoms with Crippen molar-refractivity contribution in [1.82, 2.24) is 15.3 Å². The Kier molecular flexibility index (Phi) is 5.08. The van der Waals surface area contributed by atoms with Gasteiger partial charge in [-0.25, -0.2) is 9.97 Å². The van der Waals surface area contributed by atoms with Crippen molar-refractivity contribution in [3.05, 3.63) is 71.0 Å². The van der Waals surface area contributed by atoms with E-state index in [2.05, 4.69) is 27.4 Å². The fraction of sp³-hybridized carbons (Fsp3) is 0.286. The van der Waals surface area contributed by atoms with Gasteiger partial charge in [0.25, 0.3) is 5.91 Å². The average Bonchev–Trinajstić information content (AvgIpc) is 2.61. The van der Waals surface area contributed by atoms with Crippen molar-refractivity contribution < 1.29 is 4.79 Å². The van der Waals surface area contributed by atoms with E-state index >= 15 is 0 Å². The highest BCUT2D eigenvalue weighted by atomic mass is 16.1. The number of hydrogen-bond acceptors (Lipinski definition) is 3. The van der Waals surface area contributed by atoms with Crippen LogP contribution in [0.4, 0.5) is 0 Å². The Morgan fingerprint density at radius 3 is 2.40 bits per heavy atom. The van der Waals surface area contributed by atoms with E-state index in [9.17, 15) is 4.79 Å². The maximum atomic E-state index is 12.5. The molecule has 3 aromatic rings. The molecule has 0 bridgehead atoms. The summed E-state index contributed by atoms with van der Waals surface area (Å²) in [6.07, 6.45) is 1.85. The number of aryl methyl sites for hydroxylation is 3. The van der Waals surface area contributed by atoms with Gasteiger partial charge in [-0.15, -0.1) is 0 Å². The Hall–Kier alpha value is -2.75. The van der Waals surface area contributed by atoms with Crippen molar-refractivity contribution in [3.8, 4) is 0 Å². The zero-order valence-corrected chi connectivity index (χ0v) is 14.9. The van der Waals surface area contributed by atoms with E-state index in [0.717, 1.165) is 35.3 Å². The molecule has 2 aromatic carbocycles. The van der Waals surface area contributed by atoms with E-state index in [0.29, 0.717) is 5.56 Å². The van der Waals surface area contributed by atoms with E-state index in [1.54, 1.807) is 0 Å². The zero-order valence-electron chi connectivity index (χ0n) is 14.9. The SMILES string of the molecule is Cc1nc2ccc(C(=O)N[C@H](C)CCc3ccccc3)cc2nc1C. The second-order valence-electron chi connectivity index (χ2n) is 6.50. The lowest BCUT2D eigenvalue weighted by molar-refractivity contribution is 0.0938. The molecule has 1 heterocycles. The number of benzene rings is 2. The number of hydrogen-bond donors (Lipinski definition) is 1. The van der Waals surface area contributed by atoms with Gasteiger partial charge in [-0.05, 0) is 57.4 Å². The van der Waals surface area contributed by atoms with Crippen molar-refractivity contribution in [2.45, 2.75) is 39.7 Å². The lowest BCUT2D eigenvalue weighted by Crippen LogP contribution is -2.32. The van der Waals surface area contributed by atoms with E-state index in [1.807, 2.05) is 57.2 Å². The lowest BCUT2D eigenvalue weighted by atomic mass is 10.1. The normalized spacial score (nSPS) is 12.1. The number of fused-ring (bicyclic) bond motifs is 1. The molecule has 0 fully saturated rings. The third-order valence-corrected chi connectivity index (χ3v) is 4.42. The molecule has 3 rings (SSSR count). The van der Waals surface area contributed by atoms with Crippen LogP contribution in [0.2, 0.25) is 0 Å². The van der Waals surface area contributed by atoms with Gasteiger partial charge in [0, 0.05) is 11.6 Å². The molecule has 0 aliphatic heterocycles. The Morgan fingerprint density at radius 1 is 1.00 bits per heavy atom. The summed E-state index contributed by atoms with van der Waals surface area (Å²) in [5.74, 6) is -0.0671. The Labute approximate surface area is 148 Å². The minimum absolute atomic E-state index is 0.0671. The molecule has 1 N–H and O–H groups in total. The largest absolute Gasteiger partial charge is 0.350 e. The molecule has 0 saturated heterocycles. The van der Waals surface area contributed by atoms with Gasteiger partial charge in [0.1, 0.15) is 0 Å². The van der Waals surface area contributed by atoms with Crippen molar-refractivity contribution in [3.63, 3.8) is 0 Å². The van der Waals surface area contributed by atoms with Crippen LogP contribution in [-0.2, 0) is 6.42 Å². The molecule has 0 aliphatic rings. The minimum Gasteiger partial charge on any atom is -0.350 e. The second kappa shape index (κ2) is 7.43. The monoisotopic (exact) mass is 333 g/mol. The molecule has 4 heteroatoms. The third kappa shape index (κ3) is 4.21. The molecule has 1 atom stereocenters. The molecule has 0 unspecified atom stereocenters. The first-order chi connectivity index (χ1) is 12.0. The molecular weight excluding hydrogens is 310 g/mol. The fourth-order valence-electron chi connectivity index (χ4n) is 2.78. The molecule has 0 saturated carbocycles. The molecule has 1 amide bonds. The maximum absolute atomic E-state index is 12.5. The Balaban J connectivity index is 1.66.